The number of hydrogen-bond donors (Lipinski definition) is 4. The molecule has 1 saturated carbocycles. The Hall–Kier alpha value is -2.32. The number of nitrogens with two attached hydrogens (primary N) is 1. The lowest BCUT2D eigenvalue weighted by Gasteiger charge is -2.28. The second kappa shape index (κ2) is 11.4. The Kier molecular flexibility index (Phi) is 9.37. The summed E-state index contributed by atoms with van der Waals surface area (Å²) in [7, 11) is 0.518. The van der Waals surface area contributed by atoms with Gasteiger partial charge in [-0.1, -0.05) is 12.8 Å². The molecule has 0 unspecified atom stereocenters. The number of nitrogens with one attached hydrogen (secondary N) is 2. The van der Waals surface area contributed by atoms with Gasteiger partial charge in [-0.05, 0) is 49.4 Å². The molecule has 7 nitrogen and oxygen atoms in total. The average Bonchev–Trinajstić information content (AvgIpc) is 3.25. The largest absolute Gasteiger partial charge is 0.485 e. The van der Waals surface area contributed by atoms with Gasteiger partial charge in [0, 0.05) is 13.2 Å². The summed E-state index contributed by atoms with van der Waals surface area (Å²) in [5, 5.41) is 13.3. The van der Waals surface area contributed by atoms with Crippen molar-refractivity contribution in [2.75, 3.05) is 6.61 Å². The Labute approximate surface area is 192 Å². The van der Waals surface area contributed by atoms with Crippen molar-refractivity contribution in [3.63, 3.8) is 0 Å². The number of halogens is 6. The van der Waals surface area contributed by atoms with Crippen LogP contribution in [0.25, 0.3) is 0 Å². The number of amides is 2. The maximum absolute atomic E-state index is 13.1. The van der Waals surface area contributed by atoms with E-state index in [0.717, 1.165) is 0 Å². The lowest BCUT2D eigenvalue weighted by Crippen LogP contribution is -2.54. The maximum atomic E-state index is 13.1. The Bertz CT molecular complexity index is 827. The molecule has 34 heavy (non-hydrogen) atoms. The Morgan fingerprint density at radius 2 is 1.62 bits per heavy atom. The van der Waals surface area contributed by atoms with Crippen LogP contribution in [0.3, 0.4) is 0 Å². The molecule has 0 saturated heterocycles. The molecule has 1 atom stereocenters. The van der Waals surface area contributed by atoms with Gasteiger partial charge in [0.05, 0.1) is 17.3 Å². The van der Waals surface area contributed by atoms with Crippen molar-refractivity contribution in [1.82, 2.24) is 10.6 Å². The summed E-state index contributed by atoms with van der Waals surface area (Å²) in [6, 6.07) is 1.06. The summed E-state index contributed by atoms with van der Waals surface area (Å²) in [4.78, 5) is 25.8. The molecule has 0 spiro atoms. The SMILES string of the molecule is N[C@@H](CCCO[B]O)NC(=O)C1(C(=O)NCc2cc(C(F)(F)F)cc(C(F)(F)F)c2)CCCC1. The van der Waals surface area contributed by atoms with E-state index in [1.807, 2.05) is 0 Å². The minimum atomic E-state index is -5.01. The molecule has 189 valence electrons. The predicted molar refractivity (Wildman–Crippen MR) is 108 cm³/mol. The van der Waals surface area contributed by atoms with E-state index in [2.05, 4.69) is 15.3 Å². The molecule has 2 rings (SSSR count). The van der Waals surface area contributed by atoms with Crippen LogP contribution < -0.4 is 16.4 Å². The number of carbonyl (C=O) groups is 2. The molecule has 0 heterocycles. The van der Waals surface area contributed by atoms with Crippen molar-refractivity contribution in [2.24, 2.45) is 11.1 Å². The molecule has 1 aromatic rings. The smallest absolute Gasteiger partial charge is 0.429 e. The lowest BCUT2D eigenvalue weighted by molar-refractivity contribution is -0.144. The Morgan fingerprint density at radius 1 is 1.06 bits per heavy atom. The van der Waals surface area contributed by atoms with Gasteiger partial charge in [-0.2, -0.15) is 26.3 Å². The highest BCUT2D eigenvalue weighted by Crippen LogP contribution is 2.39. The second-order valence-corrected chi connectivity index (χ2v) is 8.08. The topological polar surface area (TPSA) is 114 Å². The molecular formula is C20H25BF6N3O4. The van der Waals surface area contributed by atoms with Crippen LogP contribution in [0.1, 0.15) is 55.2 Å². The first kappa shape index (κ1) is 27.9. The lowest BCUT2D eigenvalue weighted by atomic mass is 9.83. The molecular weight excluding hydrogens is 471 g/mol. The number of alkyl halides is 6. The summed E-state index contributed by atoms with van der Waals surface area (Å²) >= 11 is 0. The minimum Gasteiger partial charge on any atom is -0.429 e. The fraction of sp³-hybridized carbons (Fsp3) is 0.600. The number of carbonyl (C=O) groups excluding carboxylic acids is 2. The van der Waals surface area contributed by atoms with Crippen LogP contribution >= 0.6 is 0 Å². The van der Waals surface area contributed by atoms with Crippen molar-refractivity contribution in [3.05, 3.63) is 34.9 Å². The summed E-state index contributed by atoms with van der Waals surface area (Å²) < 4.78 is 83.0. The molecule has 0 aliphatic heterocycles. The van der Waals surface area contributed by atoms with Crippen molar-refractivity contribution in [3.8, 4) is 0 Å². The molecule has 1 fully saturated rings. The van der Waals surface area contributed by atoms with Gasteiger partial charge >= 0.3 is 20.0 Å². The number of rotatable bonds is 10. The highest BCUT2D eigenvalue weighted by atomic mass is 19.4. The van der Waals surface area contributed by atoms with E-state index in [4.69, 9.17) is 10.8 Å². The van der Waals surface area contributed by atoms with Gasteiger partial charge in [0.1, 0.15) is 5.41 Å². The van der Waals surface area contributed by atoms with Crippen LogP contribution in [-0.2, 0) is 33.1 Å². The second-order valence-electron chi connectivity index (χ2n) is 8.08. The Morgan fingerprint density at radius 3 is 2.12 bits per heavy atom. The highest BCUT2D eigenvalue weighted by molar-refractivity contribution is 6.15. The third kappa shape index (κ3) is 7.34. The van der Waals surface area contributed by atoms with Gasteiger partial charge in [-0.3, -0.25) is 9.59 Å². The Balaban J connectivity index is 2.12. The third-order valence-electron chi connectivity index (χ3n) is 5.60. The molecule has 1 radical (unpaired) electrons. The zero-order chi connectivity index (χ0) is 25.6. The van der Waals surface area contributed by atoms with Gasteiger partial charge in [0.25, 0.3) is 0 Å². The molecule has 1 aliphatic carbocycles. The van der Waals surface area contributed by atoms with E-state index in [0.29, 0.717) is 39.1 Å². The van der Waals surface area contributed by atoms with Crippen molar-refractivity contribution in [2.45, 2.75) is 63.6 Å². The van der Waals surface area contributed by atoms with Crippen molar-refractivity contribution < 1.29 is 45.6 Å². The van der Waals surface area contributed by atoms with Crippen molar-refractivity contribution in [1.29, 1.82) is 0 Å². The molecule has 1 aromatic carbocycles. The third-order valence-corrected chi connectivity index (χ3v) is 5.60. The summed E-state index contributed by atoms with van der Waals surface area (Å²) in [6.07, 6.45) is -8.76. The van der Waals surface area contributed by atoms with Gasteiger partial charge < -0.3 is 26.0 Å². The number of hydrogen-bond acceptors (Lipinski definition) is 5. The minimum absolute atomic E-state index is 0.00223. The van der Waals surface area contributed by atoms with Crippen LogP contribution in [0.2, 0.25) is 0 Å². The fourth-order valence-corrected chi connectivity index (χ4v) is 3.83. The first-order valence-corrected chi connectivity index (χ1v) is 10.5. The zero-order valence-electron chi connectivity index (χ0n) is 18.1. The van der Waals surface area contributed by atoms with E-state index in [9.17, 15) is 35.9 Å². The van der Waals surface area contributed by atoms with Crippen LogP contribution in [0.5, 0.6) is 0 Å². The number of benzene rings is 1. The van der Waals surface area contributed by atoms with Gasteiger partial charge in [-0.15, -0.1) is 0 Å². The quantitative estimate of drug-likeness (QED) is 0.131. The van der Waals surface area contributed by atoms with Crippen LogP contribution in [-0.4, -0.2) is 37.3 Å². The molecule has 2 amide bonds. The van der Waals surface area contributed by atoms with Gasteiger partial charge in [0.2, 0.25) is 11.8 Å². The molecule has 1 aliphatic rings. The summed E-state index contributed by atoms with van der Waals surface area (Å²) in [5.41, 5.74) is 0.947. The first-order valence-electron chi connectivity index (χ1n) is 10.5. The van der Waals surface area contributed by atoms with E-state index < -0.39 is 59.0 Å². The van der Waals surface area contributed by atoms with E-state index in [-0.39, 0.29) is 31.9 Å². The van der Waals surface area contributed by atoms with E-state index in [1.54, 1.807) is 0 Å². The van der Waals surface area contributed by atoms with Crippen LogP contribution in [0, 0.1) is 5.41 Å². The van der Waals surface area contributed by atoms with Gasteiger partial charge in [-0.25, -0.2) is 0 Å². The molecule has 14 heteroatoms. The predicted octanol–water partition coefficient (Wildman–Crippen LogP) is 2.63. The standard InChI is InChI=1S/C20H25BF6N3O4/c22-19(23,24)13-8-12(9-14(10-13)20(25,26)27)11-29-16(31)18(5-1-2-6-18)17(32)30-15(28)4-3-7-34-21-33/h8-10,15,33H,1-7,11,28H2,(H,29,31)(H,30,32)/t15-/m1/s1. The summed E-state index contributed by atoms with van der Waals surface area (Å²) in [6.45, 7) is -0.468. The van der Waals surface area contributed by atoms with Gasteiger partial charge in [0.15, 0.2) is 0 Å². The first-order chi connectivity index (χ1) is 15.8. The van der Waals surface area contributed by atoms with E-state index in [1.165, 1.54) is 0 Å². The highest BCUT2D eigenvalue weighted by Gasteiger charge is 2.48. The zero-order valence-corrected chi connectivity index (χ0v) is 18.1. The molecule has 0 bridgehead atoms. The molecule has 5 N–H and O–H groups in total. The average molecular weight is 496 g/mol. The summed E-state index contributed by atoms with van der Waals surface area (Å²) in [5.74, 6) is -1.46. The van der Waals surface area contributed by atoms with Crippen LogP contribution in [0.4, 0.5) is 26.3 Å². The molecule has 0 aromatic heterocycles. The monoisotopic (exact) mass is 496 g/mol. The van der Waals surface area contributed by atoms with E-state index >= 15 is 0 Å². The van der Waals surface area contributed by atoms with Crippen LogP contribution in [0.15, 0.2) is 18.2 Å². The van der Waals surface area contributed by atoms with Crippen molar-refractivity contribution >= 4 is 19.5 Å². The fourth-order valence-electron chi connectivity index (χ4n) is 3.83. The normalized spacial score (nSPS) is 16.7. The maximum Gasteiger partial charge on any atom is 0.485 e.